The number of aromatic amines is 1. The highest BCUT2D eigenvalue weighted by Crippen LogP contribution is 2.44. The molecule has 1 atom stereocenters. The van der Waals surface area contributed by atoms with Crippen molar-refractivity contribution in [3.63, 3.8) is 0 Å². The van der Waals surface area contributed by atoms with Gasteiger partial charge in [0.25, 0.3) is 0 Å². The number of ether oxygens (including phenoxy) is 2. The molecule has 0 saturated heterocycles. The van der Waals surface area contributed by atoms with Crippen LogP contribution in [0.3, 0.4) is 0 Å². The molecule has 3 aromatic carbocycles. The number of nitrogens with zero attached hydrogens (tertiary/aromatic N) is 1. The van der Waals surface area contributed by atoms with E-state index >= 15 is 0 Å². The van der Waals surface area contributed by atoms with Crippen molar-refractivity contribution in [2.45, 2.75) is 30.2 Å². The molecular formula is C26H23F3N2O3S. The summed E-state index contributed by atoms with van der Waals surface area (Å²) in [7, 11) is 0. The van der Waals surface area contributed by atoms with Crippen LogP contribution in [0.15, 0.2) is 71.9 Å². The van der Waals surface area contributed by atoms with Crippen LogP contribution in [0.2, 0.25) is 0 Å². The maximum Gasteiger partial charge on any atom is 0.416 e. The zero-order valence-electron chi connectivity index (χ0n) is 19.1. The number of alkyl halides is 3. The van der Waals surface area contributed by atoms with Crippen molar-refractivity contribution in [2.24, 2.45) is 0 Å². The molecular weight excluding hydrogens is 477 g/mol. The summed E-state index contributed by atoms with van der Waals surface area (Å²) in [5.41, 5.74) is 2.91. The van der Waals surface area contributed by atoms with E-state index < -0.39 is 23.0 Å². The fourth-order valence-electron chi connectivity index (χ4n) is 3.72. The molecule has 1 unspecified atom stereocenters. The number of nitrogens with one attached hydrogen (secondary N) is 1. The minimum Gasteiger partial charge on any atom is -0.482 e. The number of halogens is 3. The molecule has 0 bridgehead atoms. The molecule has 4 rings (SSSR count). The van der Waals surface area contributed by atoms with Crippen LogP contribution in [0.1, 0.15) is 34.4 Å². The first-order valence-corrected chi connectivity index (χ1v) is 11.8. The Hall–Kier alpha value is -3.46. The second-order valence-electron chi connectivity index (χ2n) is 7.79. The predicted molar refractivity (Wildman–Crippen MR) is 129 cm³/mol. The van der Waals surface area contributed by atoms with Crippen LogP contribution in [-0.2, 0) is 15.7 Å². The topological polar surface area (TPSA) is 64.2 Å². The van der Waals surface area contributed by atoms with E-state index in [9.17, 15) is 18.0 Å². The number of imidazole rings is 1. The molecule has 1 aromatic heterocycles. The van der Waals surface area contributed by atoms with Gasteiger partial charge in [-0.25, -0.2) is 9.78 Å². The van der Waals surface area contributed by atoms with Gasteiger partial charge in [-0.2, -0.15) is 13.2 Å². The zero-order valence-corrected chi connectivity index (χ0v) is 19.9. The molecule has 5 nitrogen and oxygen atoms in total. The van der Waals surface area contributed by atoms with E-state index in [0.717, 1.165) is 27.6 Å². The summed E-state index contributed by atoms with van der Waals surface area (Å²) in [4.78, 5) is 19.9. The third kappa shape index (κ3) is 5.79. The van der Waals surface area contributed by atoms with E-state index in [1.165, 1.54) is 23.9 Å². The Balaban J connectivity index is 1.69. The van der Waals surface area contributed by atoms with Gasteiger partial charge in [0.05, 0.1) is 34.8 Å². The predicted octanol–water partition coefficient (Wildman–Crippen LogP) is 6.71. The molecule has 0 amide bonds. The van der Waals surface area contributed by atoms with Gasteiger partial charge >= 0.3 is 12.1 Å². The van der Waals surface area contributed by atoms with Gasteiger partial charge in [0.2, 0.25) is 0 Å². The van der Waals surface area contributed by atoms with E-state index in [4.69, 9.17) is 9.47 Å². The Bertz CT molecular complexity index is 1340. The normalized spacial score (nSPS) is 12.5. The van der Waals surface area contributed by atoms with Crippen LogP contribution in [0.5, 0.6) is 5.75 Å². The van der Waals surface area contributed by atoms with E-state index in [2.05, 4.69) is 9.97 Å². The Morgan fingerprint density at radius 3 is 2.66 bits per heavy atom. The second-order valence-corrected chi connectivity index (χ2v) is 8.97. The average molecular weight is 501 g/mol. The van der Waals surface area contributed by atoms with Crippen molar-refractivity contribution in [3.05, 3.63) is 89.2 Å². The molecule has 0 aliphatic carbocycles. The molecule has 4 aromatic rings. The fraction of sp³-hybridized carbons (Fsp3) is 0.231. The number of carbonyl (C=O) groups is 1. The molecule has 35 heavy (non-hydrogen) atoms. The lowest BCUT2D eigenvalue weighted by Gasteiger charge is -2.20. The number of benzene rings is 3. The number of aromatic nitrogens is 2. The smallest absolute Gasteiger partial charge is 0.416 e. The first-order chi connectivity index (χ1) is 16.8. The third-order valence-electron chi connectivity index (χ3n) is 5.33. The van der Waals surface area contributed by atoms with Crippen LogP contribution >= 0.6 is 11.8 Å². The maximum absolute atomic E-state index is 13.5. The van der Waals surface area contributed by atoms with E-state index in [1.807, 2.05) is 37.3 Å². The molecule has 182 valence electrons. The molecule has 9 heteroatoms. The summed E-state index contributed by atoms with van der Waals surface area (Å²) in [6, 6.07) is 16.4. The van der Waals surface area contributed by atoms with Gasteiger partial charge in [-0.05, 0) is 60.9 Å². The lowest BCUT2D eigenvalue weighted by Crippen LogP contribution is -2.14. The Morgan fingerprint density at radius 2 is 1.91 bits per heavy atom. The second kappa shape index (κ2) is 10.4. The van der Waals surface area contributed by atoms with Crippen molar-refractivity contribution in [3.8, 4) is 5.75 Å². The number of fused-ring (bicyclic) bond motifs is 1. The van der Waals surface area contributed by atoms with Gasteiger partial charge in [-0.1, -0.05) is 30.3 Å². The first-order valence-electron chi connectivity index (χ1n) is 10.9. The largest absolute Gasteiger partial charge is 0.482 e. The summed E-state index contributed by atoms with van der Waals surface area (Å²) < 4.78 is 50.8. The highest BCUT2D eigenvalue weighted by atomic mass is 32.2. The monoisotopic (exact) mass is 500 g/mol. The molecule has 0 spiro atoms. The van der Waals surface area contributed by atoms with Crippen molar-refractivity contribution < 1.29 is 27.4 Å². The number of H-pyrrole nitrogens is 1. The molecule has 0 saturated carbocycles. The van der Waals surface area contributed by atoms with Gasteiger partial charge in [0, 0.05) is 4.90 Å². The van der Waals surface area contributed by atoms with Gasteiger partial charge in [0.15, 0.2) is 6.61 Å². The van der Waals surface area contributed by atoms with Gasteiger partial charge in [-0.15, -0.1) is 11.8 Å². The lowest BCUT2D eigenvalue weighted by molar-refractivity contribution is -0.145. The first kappa shape index (κ1) is 24.7. The number of rotatable bonds is 8. The minimum absolute atomic E-state index is 0.199. The highest BCUT2D eigenvalue weighted by molar-refractivity contribution is 7.99. The minimum atomic E-state index is -4.45. The SMILES string of the molecule is CCOC(=O)COc1ccc(SC(c2cccc(C(F)(F)F)c2)c2cccc3[nH]cnc23)cc1C. The quantitative estimate of drug-likeness (QED) is 0.215. The van der Waals surface area contributed by atoms with Crippen molar-refractivity contribution in [1.29, 1.82) is 0 Å². The molecule has 0 aliphatic rings. The molecule has 0 aliphatic heterocycles. The van der Waals surface area contributed by atoms with Crippen LogP contribution < -0.4 is 4.74 Å². The number of esters is 1. The number of hydrogen-bond donors (Lipinski definition) is 1. The Labute approximate surface area is 204 Å². The van der Waals surface area contributed by atoms with Crippen molar-refractivity contribution in [2.75, 3.05) is 13.2 Å². The van der Waals surface area contributed by atoms with Gasteiger partial charge in [0.1, 0.15) is 5.75 Å². The van der Waals surface area contributed by atoms with E-state index in [1.54, 1.807) is 25.4 Å². The number of hydrogen-bond acceptors (Lipinski definition) is 5. The number of para-hydroxylation sites is 1. The van der Waals surface area contributed by atoms with Crippen molar-refractivity contribution in [1.82, 2.24) is 9.97 Å². The van der Waals surface area contributed by atoms with Crippen LogP contribution in [0.4, 0.5) is 13.2 Å². The molecule has 1 heterocycles. The molecule has 0 fully saturated rings. The summed E-state index contributed by atoms with van der Waals surface area (Å²) in [6.07, 6.45) is -2.88. The number of thioether (sulfide) groups is 1. The van der Waals surface area contributed by atoms with Gasteiger partial charge < -0.3 is 14.5 Å². The van der Waals surface area contributed by atoms with Gasteiger partial charge in [-0.3, -0.25) is 0 Å². The van der Waals surface area contributed by atoms with E-state index in [-0.39, 0.29) is 13.2 Å². The van der Waals surface area contributed by atoms with Crippen LogP contribution in [0, 0.1) is 6.92 Å². The standard InChI is InChI=1S/C26H23F3N2O3S/c1-3-33-23(32)14-34-22-11-10-19(12-16(22)2)35-25(17-6-4-7-18(13-17)26(27,28)29)20-8-5-9-21-24(20)31-15-30-21/h4-13,15,25H,3,14H2,1-2H3,(H,30,31). The average Bonchev–Trinajstić information content (AvgIpc) is 3.31. The Kier molecular flexibility index (Phi) is 7.35. The summed E-state index contributed by atoms with van der Waals surface area (Å²) >= 11 is 1.42. The zero-order chi connectivity index (χ0) is 25.0. The third-order valence-corrected chi connectivity index (χ3v) is 6.62. The maximum atomic E-state index is 13.5. The van der Waals surface area contributed by atoms with E-state index in [0.29, 0.717) is 16.8 Å². The van der Waals surface area contributed by atoms with Crippen LogP contribution in [0.25, 0.3) is 11.0 Å². The summed E-state index contributed by atoms with van der Waals surface area (Å²) in [6.45, 7) is 3.64. The number of aryl methyl sites for hydroxylation is 1. The Morgan fingerprint density at radius 1 is 1.11 bits per heavy atom. The highest BCUT2D eigenvalue weighted by Gasteiger charge is 2.31. The summed E-state index contributed by atoms with van der Waals surface area (Å²) in [5, 5.41) is -0.449. The molecule has 1 N–H and O–H groups in total. The lowest BCUT2D eigenvalue weighted by atomic mass is 10.0. The van der Waals surface area contributed by atoms with Crippen molar-refractivity contribution >= 4 is 28.8 Å². The molecule has 0 radical (unpaired) electrons. The number of carbonyl (C=O) groups excluding carboxylic acids is 1. The fourth-order valence-corrected chi connectivity index (χ4v) is 4.99. The van der Waals surface area contributed by atoms with Crippen LogP contribution in [-0.4, -0.2) is 29.2 Å². The summed E-state index contributed by atoms with van der Waals surface area (Å²) in [5.74, 6) is 0.0782.